The first kappa shape index (κ1) is 16.5. The molecule has 0 fully saturated rings. The zero-order valence-corrected chi connectivity index (χ0v) is 12.5. The molecule has 2 atom stereocenters. The number of benzene rings is 1. The van der Waals surface area contributed by atoms with Gasteiger partial charge in [0.1, 0.15) is 17.9 Å². The maximum absolute atomic E-state index is 12.0. The zero-order chi connectivity index (χ0) is 15.8. The molecule has 0 spiro atoms. The van der Waals surface area contributed by atoms with E-state index in [1.54, 1.807) is 31.2 Å². The van der Waals surface area contributed by atoms with Crippen molar-refractivity contribution in [3.63, 3.8) is 0 Å². The molecule has 0 aliphatic heterocycles. The van der Waals surface area contributed by atoms with Crippen LogP contribution < -0.4 is 10.1 Å². The number of nitrogens with one attached hydrogen (secondary N) is 1. The first-order valence-electron chi connectivity index (χ1n) is 6.83. The van der Waals surface area contributed by atoms with Crippen LogP contribution in [0.5, 0.6) is 5.75 Å². The smallest absolute Gasteiger partial charge is 0.261 e. The molecule has 0 bridgehead atoms. The second-order valence-corrected chi connectivity index (χ2v) is 5.19. The van der Waals surface area contributed by atoms with Gasteiger partial charge in [0.15, 0.2) is 6.10 Å². The molecule has 0 heterocycles. The van der Waals surface area contributed by atoms with Crippen molar-refractivity contribution in [2.75, 3.05) is 0 Å². The fraction of sp³-hybridized carbons (Fsp3) is 0.438. The highest BCUT2D eigenvalue weighted by Crippen LogP contribution is 2.18. The molecule has 1 aromatic carbocycles. The van der Waals surface area contributed by atoms with E-state index < -0.39 is 12.1 Å². The lowest BCUT2D eigenvalue weighted by molar-refractivity contribution is -0.127. The van der Waals surface area contributed by atoms with Gasteiger partial charge in [-0.25, -0.2) is 0 Å². The molecule has 1 N–H and O–H groups in total. The van der Waals surface area contributed by atoms with Crippen LogP contribution in [0.15, 0.2) is 24.3 Å². The topological polar surface area (TPSA) is 85.9 Å². The fourth-order valence-electron chi connectivity index (χ4n) is 1.81. The highest BCUT2D eigenvalue weighted by atomic mass is 16.5. The largest absolute Gasteiger partial charge is 0.480 e. The van der Waals surface area contributed by atoms with Crippen LogP contribution in [0.25, 0.3) is 0 Å². The summed E-state index contributed by atoms with van der Waals surface area (Å²) in [6.07, 6.45) is -0.188. The third-order valence-corrected chi connectivity index (χ3v) is 2.86. The van der Waals surface area contributed by atoms with Crippen molar-refractivity contribution in [1.29, 1.82) is 10.5 Å². The van der Waals surface area contributed by atoms with Crippen molar-refractivity contribution in [3.05, 3.63) is 29.8 Å². The molecule has 1 aromatic rings. The Hall–Kier alpha value is -2.53. The molecule has 1 amide bonds. The Labute approximate surface area is 125 Å². The van der Waals surface area contributed by atoms with Crippen molar-refractivity contribution in [3.8, 4) is 17.9 Å². The Morgan fingerprint density at radius 2 is 1.95 bits per heavy atom. The summed E-state index contributed by atoms with van der Waals surface area (Å²) in [6, 6.07) is 10.3. The fourth-order valence-corrected chi connectivity index (χ4v) is 1.81. The lowest BCUT2D eigenvalue weighted by Gasteiger charge is -2.18. The van der Waals surface area contributed by atoms with Crippen molar-refractivity contribution in [1.82, 2.24) is 5.32 Å². The number of nitriles is 2. The first-order valence-corrected chi connectivity index (χ1v) is 6.83. The first-order chi connectivity index (χ1) is 9.97. The highest BCUT2D eigenvalue weighted by molar-refractivity contribution is 5.81. The van der Waals surface area contributed by atoms with E-state index >= 15 is 0 Å². The van der Waals surface area contributed by atoms with Crippen molar-refractivity contribution in [2.45, 2.75) is 39.3 Å². The lowest BCUT2D eigenvalue weighted by Crippen LogP contribution is -2.42. The minimum Gasteiger partial charge on any atom is -0.480 e. The van der Waals surface area contributed by atoms with Crippen LogP contribution in [0.1, 0.15) is 32.8 Å². The van der Waals surface area contributed by atoms with Gasteiger partial charge in [-0.1, -0.05) is 26.0 Å². The Kier molecular flexibility index (Phi) is 6.23. The predicted octanol–water partition coefficient (Wildman–Crippen LogP) is 2.38. The van der Waals surface area contributed by atoms with Gasteiger partial charge < -0.3 is 10.1 Å². The van der Waals surface area contributed by atoms with Crippen LogP contribution in [0.3, 0.4) is 0 Å². The summed E-state index contributed by atoms with van der Waals surface area (Å²) in [5.74, 6) is 0.306. The number of ether oxygens (including phenoxy) is 1. The van der Waals surface area contributed by atoms with Crippen molar-refractivity contribution in [2.24, 2.45) is 5.92 Å². The number of carbonyl (C=O) groups is 1. The average molecular weight is 285 g/mol. The minimum absolute atomic E-state index is 0.311. The standard InChI is InChI=1S/C16H19N3O2/c1-11(2)8-14(10-18)19-16(20)12(3)21-15-7-5-4-6-13(15)9-17/h4-7,11-12,14H,8H2,1-3H3,(H,19,20). The number of amides is 1. The van der Waals surface area contributed by atoms with Gasteiger partial charge in [-0.3, -0.25) is 4.79 Å². The Balaban J connectivity index is 2.67. The summed E-state index contributed by atoms with van der Waals surface area (Å²) in [5.41, 5.74) is 0.371. The number of para-hydroxylation sites is 1. The number of carbonyl (C=O) groups excluding carboxylic acids is 1. The molecule has 110 valence electrons. The van der Waals surface area contributed by atoms with Gasteiger partial charge in [0.2, 0.25) is 0 Å². The van der Waals surface area contributed by atoms with Crippen LogP contribution in [-0.2, 0) is 4.79 Å². The predicted molar refractivity (Wildman–Crippen MR) is 78.2 cm³/mol. The molecule has 21 heavy (non-hydrogen) atoms. The molecule has 1 rings (SSSR count). The molecule has 0 aliphatic carbocycles. The molecule has 5 heteroatoms. The van der Waals surface area contributed by atoms with E-state index in [9.17, 15) is 4.79 Å². The summed E-state index contributed by atoms with van der Waals surface area (Å²) < 4.78 is 5.50. The van der Waals surface area contributed by atoms with Gasteiger partial charge in [-0.2, -0.15) is 10.5 Å². The maximum atomic E-state index is 12.0. The third-order valence-electron chi connectivity index (χ3n) is 2.86. The van der Waals surface area contributed by atoms with E-state index in [0.29, 0.717) is 23.7 Å². The summed E-state index contributed by atoms with van der Waals surface area (Å²) in [5, 5.41) is 20.7. The number of rotatable bonds is 6. The van der Waals surface area contributed by atoms with Crippen LogP contribution in [0.4, 0.5) is 0 Å². The SMILES string of the molecule is CC(C)CC(C#N)NC(=O)C(C)Oc1ccccc1C#N. The minimum atomic E-state index is -0.775. The van der Waals surface area contributed by atoms with Crippen LogP contribution in [0, 0.1) is 28.6 Å². The van der Waals surface area contributed by atoms with Crippen LogP contribution >= 0.6 is 0 Å². The van der Waals surface area contributed by atoms with Gasteiger partial charge in [0.05, 0.1) is 11.6 Å². The van der Waals surface area contributed by atoms with E-state index in [4.69, 9.17) is 15.3 Å². The normalized spacial score (nSPS) is 12.9. The molecular weight excluding hydrogens is 266 g/mol. The zero-order valence-electron chi connectivity index (χ0n) is 12.5. The molecule has 5 nitrogen and oxygen atoms in total. The van der Waals surface area contributed by atoms with Gasteiger partial charge >= 0.3 is 0 Å². The van der Waals surface area contributed by atoms with E-state index in [1.807, 2.05) is 19.9 Å². The van der Waals surface area contributed by atoms with Crippen molar-refractivity contribution >= 4 is 5.91 Å². The van der Waals surface area contributed by atoms with E-state index in [1.165, 1.54) is 0 Å². The van der Waals surface area contributed by atoms with E-state index in [-0.39, 0.29) is 5.91 Å². The quantitative estimate of drug-likeness (QED) is 0.869. The van der Waals surface area contributed by atoms with Gasteiger partial charge in [0.25, 0.3) is 5.91 Å². The second kappa shape index (κ2) is 7.91. The second-order valence-electron chi connectivity index (χ2n) is 5.19. The van der Waals surface area contributed by atoms with Crippen LogP contribution in [0.2, 0.25) is 0 Å². The number of nitrogens with zero attached hydrogens (tertiary/aromatic N) is 2. The van der Waals surface area contributed by atoms with Crippen molar-refractivity contribution < 1.29 is 9.53 Å². The third kappa shape index (κ3) is 5.16. The lowest BCUT2D eigenvalue weighted by atomic mass is 10.0. The number of hydrogen-bond donors (Lipinski definition) is 1. The number of hydrogen-bond acceptors (Lipinski definition) is 4. The summed E-state index contributed by atoms with van der Waals surface area (Å²) in [7, 11) is 0. The average Bonchev–Trinajstić information content (AvgIpc) is 2.46. The maximum Gasteiger partial charge on any atom is 0.261 e. The Bertz CT molecular complexity index is 570. The van der Waals surface area contributed by atoms with Gasteiger partial charge in [-0.05, 0) is 31.4 Å². The Morgan fingerprint density at radius 3 is 2.52 bits per heavy atom. The van der Waals surface area contributed by atoms with E-state index in [2.05, 4.69) is 11.4 Å². The summed E-state index contributed by atoms with van der Waals surface area (Å²) >= 11 is 0. The van der Waals surface area contributed by atoms with E-state index in [0.717, 1.165) is 0 Å². The molecule has 2 unspecified atom stereocenters. The van der Waals surface area contributed by atoms with Gasteiger partial charge in [0, 0.05) is 0 Å². The Morgan fingerprint density at radius 1 is 1.29 bits per heavy atom. The summed E-state index contributed by atoms with van der Waals surface area (Å²) in [4.78, 5) is 12.0. The molecule has 0 saturated carbocycles. The molecule has 0 saturated heterocycles. The molecule has 0 radical (unpaired) electrons. The van der Waals surface area contributed by atoms with Crippen LogP contribution in [-0.4, -0.2) is 18.1 Å². The molecular formula is C16H19N3O2. The monoisotopic (exact) mass is 285 g/mol. The van der Waals surface area contributed by atoms with Gasteiger partial charge in [-0.15, -0.1) is 0 Å². The highest BCUT2D eigenvalue weighted by Gasteiger charge is 2.20. The molecule has 0 aromatic heterocycles. The molecule has 0 aliphatic rings. The summed E-state index contributed by atoms with van der Waals surface area (Å²) in [6.45, 7) is 5.56.